The summed E-state index contributed by atoms with van der Waals surface area (Å²) in [6.07, 6.45) is 6.69. The molecular weight excluding hydrogens is 166 g/mol. The molecule has 1 heterocycles. The van der Waals surface area contributed by atoms with Gasteiger partial charge in [0.05, 0.1) is 6.04 Å². The Hall–Kier alpha value is -0.830. The number of carbonyl (C=O) groups is 1. The molecule has 13 heavy (non-hydrogen) atoms. The zero-order chi connectivity index (χ0) is 9.26. The highest BCUT2D eigenvalue weighted by molar-refractivity contribution is 5.78. The Balaban J connectivity index is 2.06. The Morgan fingerprint density at radius 1 is 1.62 bits per heavy atom. The van der Waals surface area contributed by atoms with E-state index < -0.39 is 0 Å². The Kier molecular flexibility index (Phi) is 2.36. The van der Waals surface area contributed by atoms with Crippen molar-refractivity contribution in [1.82, 2.24) is 4.90 Å². The first kappa shape index (κ1) is 8.75. The summed E-state index contributed by atoms with van der Waals surface area (Å²) in [5.74, 6) is 0.483. The molecule has 0 aromatic heterocycles. The van der Waals surface area contributed by atoms with Crippen molar-refractivity contribution in [2.75, 3.05) is 13.2 Å². The fourth-order valence-electron chi connectivity index (χ4n) is 2.21. The summed E-state index contributed by atoms with van der Waals surface area (Å²) in [5.41, 5.74) is 0. The number of aliphatic hydroxyl groups excluding tert-OH is 1. The second-order valence-electron chi connectivity index (χ2n) is 3.79. The van der Waals surface area contributed by atoms with E-state index in [1.807, 2.05) is 4.90 Å². The molecule has 3 heteroatoms. The van der Waals surface area contributed by atoms with Crippen LogP contribution in [-0.2, 0) is 4.79 Å². The molecule has 3 nitrogen and oxygen atoms in total. The van der Waals surface area contributed by atoms with Crippen molar-refractivity contribution in [2.24, 2.45) is 5.92 Å². The second-order valence-corrected chi connectivity index (χ2v) is 3.79. The lowest BCUT2D eigenvalue weighted by molar-refractivity contribution is -0.129. The van der Waals surface area contributed by atoms with E-state index in [4.69, 9.17) is 5.11 Å². The minimum atomic E-state index is 0.167. The number of hydrogen-bond donors (Lipinski definition) is 1. The van der Waals surface area contributed by atoms with Gasteiger partial charge in [-0.1, -0.05) is 12.2 Å². The van der Waals surface area contributed by atoms with Crippen molar-refractivity contribution in [2.45, 2.75) is 25.3 Å². The van der Waals surface area contributed by atoms with Gasteiger partial charge in [-0.2, -0.15) is 0 Å². The van der Waals surface area contributed by atoms with Gasteiger partial charge in [0.2, 0.25) is 5.91 Å². The maximum absolute atomic E-state index is 11.4. The average molecular weight is 181 g/mol. The first-order valence-corrected chi connectivity index (χ1v) is 4.90. The van der Waals surface area contributed by atoms with Gasteiger partial charge in [-0.15, -0.1) is 0 Å². The third-order valence-corrected chi connectivity index (χ3v) is 2.96. The van der Waals surface area contributed by atoms with Gasteiger partial charge < -0.3 is 10.0 Å². The van der Waals surface area contributed by atoms with Crippen molar-refractivity contribution in [3.63, 3.8) is 0 Å². The van der Waals surface area contributed by atoms with Crippen molar-refractivity contribution >= 4 is 5.91 Å². The van der Waals surface area contributed by atoms with Crippen LogP contribution in [0.25, 0.3) is 0 Å². The van der Waals surface area contributed by atoms with E-state index in [-0.39, 0.29) is 24.5 Å². The number of amides is 1. The van der Waals surface area contributed by atoms with Crippen molar-refractivity contribution < 1.29 is 9.90 Å². The molecule has 72 valence electrons. The fraction of sp³-hybridized carbons (Fsp3) is 0.700. The van der Waals surface area contributed by atoms with Crippen LogP contribution in [0.1, 0.15) is 19.3 Å². The minimum absolute atomic E-state index is 0.167. The molecule has 0 spiro atoms. The van der Waals surface area contributed by atoms with Crippen LogP contribution in [0.4, 0.5) is 0 Å². The van der Waals surface area contributed by atoms with E-state index in [0.29, 0.717) is 6.42 Å². The molecule has 0 aromatic carbocycles. The van der Waals surface area contributed by atoms with Crippen LogP contribution in [0.15, 0.2) is 12.2 Å². The van der Waals surface area contributed by atoms with Crippen LogP contribution in [0.5, 0.6) is 0 Å². The number of hydrogen-bond acceptors (Lipinski definition) is 2. The number of likely N-dealkylation sites (tertiary alicyclic amines) is 1. The number of carbonyl (C=O) groups excluding carboxylic acids is 1. The molecule has 0 radical (unpaired) electrons. The Bertz CT molecular complexity index is 237. The zero-order valence-corrected chi connectivity index (χ0v) is 7.65. The maximum Gasteiger partial charge on any atom is 0.223 e. The standard InChI is InChI=1S/C10H15NO2/c12-7-8-3-1-4-9(8)11-6-2-5-10(11)13/h1,4,8-9,12H,2-3,5-7H2/t8-,9-/m0/s1. The molecule has 1 fully saturated rings. The van der Waals surface area contributed by atoms with Crippen molar-refractivity contribution in [3.8, 4) is 0 Å². The molecule has 0 bridgehead atoms. The molecule has 1 aliphatic heterocycles. The van der Waals surface area contributed by atoms with Gasteiger partial charge in [0.25, 0.3) is 0 Å². The summed E-state index contributed by atoms with van der Waals surface area (Å²) in [5, 5.41) is 9.11. The van der Waals surface area contributed by atoms with E-state index in [2.05, 4.69) is 12.2 Å². The number of aliphatic hydroxyl groups is 1. The molecule has 1 N–H and O–H groups in total. The quantitative estimate of drug-likeness (QED) is 0.632. The zero-order valence-electron chi connectivity index (χ0n) is 7.65. The highest BCUT2D eigenvalue weighted by atomic mass is 16.3. The van der Waals surface area contributed by atoms with Gasteiger partial charge in [0.1, 0.15) is 0 Å². The van der Waals surface area contributed by atoms with E-state index in [1.165, 1.54) is 0 Å². The molecule has 1 amide bonds. The van der Waals surface area contributed by atoms with Crippen LogP contribution in [0, 0.1) is 5.92 Å². The molecule has 1 aliphatic carbocycles. The minimum Gasteiger partial charge on any atom is -0.396 e. The third kappa shape index (κ3) is 1.48. The fourth-order valence-corrected chi connectivity index (χ4v) is 2.21. The topological polar surface area (TPSA) is 40.5 Å². The van der Waals surface area contributed by atoms with Crippen LogP contribution in [-0.4, -0.2) is 35.1 Å². The average Bonchev–Trinajstić information content (AvgIpc) is 2.71. The van der Waals surface area contributed by atoms with Gasteiger partial charge in [0, 0.05) is 25.5 Å². The third-order valence-electron chi connectivity index (χ3n) is 2.96. The largest absolute Gasteiger partial charge is 0.396 e. The molecule has 2 aliphatic rings. The number of allylic oxidation sites excluding steroid dienone is 1. The van der Waals surface area contributed by atoms with Gasteiger partial charge in [-0.25, -0.2) is 0 Å². The molecule has 0 aromatic rings. The van der Waals surface area contributed by atoms with Crippen LogP contribution in [0.2, 0.25) is 0 Å². The molecule has 0 unspecified atom stereocenters. The first-order chi connectivity index (χ1) is 6.33. The van der Waals surface area contributed by atoms with Gasteiger partial charge in [0.15, 0.2) is 0 Å². The van der Waals surface area contributed by atoms with E-state index in [1.54, 1.807) is 0 Å². The van der Waals surface area contributed by atoms with Crippen LogP contribution < -0.4 is 0 Å². The smallest absolute Gasteiger partial charge is 0.223 e. The molecule has 2 rings (SSSR count). The lowest BCUT2D eigenvalue weighted by Gasteiger charge is -2.27. The second kappa shape index (κ2) is 3.50. The summed E-state index contributed by atoms with van der Waals surface area (Å²) in [6.45, 7) is 1.05. The number of rotatable bonds is 2. The molecule has 2 atom stereocenters. The van der Waals surface area contributed by atoms with Crippen LogP contribution >= 0.6 is 0 Å². The normalized spacial score (nSPS) is 33.3. The molecular formula is C10H15NO2. The predicted octanol–water partition coefficient (Wildman–Crippen LogP) is 0.546. The predicted molar refractivity (Wildman–Crippen MR) is 49.1 cm³/mol. The van der Waals surface area contributed by atoms with Crippen molar-refractivity contribution in [3.05, 3.63) is 12.2 Å². The van der Waals surface area contributed by atoms with Gasteiger partial charge >= 0.3 is 0 Å². The maximum atomic E-state index is 11.4. The number of nitrogens with zero attached hydrogens (tertiary/aromatic N) is 1. The van der Waals surface area contributed by atoms with Gasteiger partial charge in [-0.3, -0.25) is 4.79 Å². The summed E-state index contributed by atoms with van der Waals surface area (Å²) in [6, 6.07) is 0.167. The molecule has 0 saturated carbocycles. The Morgan fingerprint density at radius 2 is 2.46 bits per heavy atom. The van der Waals surface area contributed by atoms with E-state index in [0.717, 1.165) is 19.4 Å². The summed E-state index contributed by atoms with van der Waals surface area (Å²) < 4.78 is 0. The van der Waals surface area contributed by atoms with Crippen LogP contribution in [0.3, 0.4) is 0 Å². The van der Waals surface area contributed by atoms with E-state index in [9.17, 15) is 4.79 Å². The summed E-state index contributed by atoms with van der Waals surface area (Å²) in [7, 11) is 0. The highest BCUT2D eigenvalue weighted by Crippen LogP contribution is 2.26. The van der Waals surface area contributed by atoms with E-state index >= 15 is 0 Å². The lowest BCUT2D eigenvalue weighted by atomic mass is 10.0. The monoisotopic (exact) mass is 181 g/mol. The Morgan fingerprint density at radius 3 is 3.08 bits per heavy atom. The highest BCUT2D eigenvalue weighted by Gasteiger charge is 2.33. The first-order valence-electron chi connectivity index (χ1n) is 4.90. The SMILES string of the molecule is O=C1CCCN1[C@H]1C=CC[C@H]1CO. The molecule has 1 saturated heterocycles. The summed E-state index contributed by atoms with van der Waals surface area (Å²) >= 11 is 0. The lowest BCUT2D eigenvalue weighted by Crippen LogP contribution is -2.39. The Labute approximate surface area is 78.0 Å². The summed E-state index contributed by atoms with van der Waals surface area (Å²) in [4.78, 5) is 13.3. The van der Waals surface area contributed by atoms with Gasteiger partial charge in [-0.05, 0) is 12.8 Å². The van der Waals surface area contributed by atoms with Crippen molar-refractivity contribution in [1.29, 1.82) is 0 Å².